The Labute approximate surface area is 79.6 Å². The fourth-order valence-corrected chi connectivity index (χ4v) is 0.825. The van der Waals surface area contributed by atoms with Gasteiger partial charge in [0.2, 0.25) is 0 Å². The van der Waals surface area contributed by atoms with Crippen LogP contribution in [-0.2, 0) is 0 Å². The van der Waals surface area contributed by atoms with Gasteiger partial charge in [-0.1, -0.05) is 23.6 Å². The van der Waals surface area contributed by atoms with Gasteiger partial charge in [0, 0.05) is 5.69 Å². The van der Waals surface area contributed by atoms with Crippen LogP contribution in [0.25, 0.3) is 0 Å². The van der Waals surface area contributed by atoms with E-state index in [-0.39, 0.29) is 12.4 Å². The van der Waals surface area contributed by atoms with Crippen molar-refractivity contribution < 1.29 is 0 Å². The zero-order valence-corrected chi connectivity index (χ0v) is 7.82. The Morgan fingerprint density at radius 1 is 1.33 bits per heavy atom. The van der Waals surface area contributed by atoms with Crippen molar-refractivity contribution >= 4 is 18.1 Å². The molecule has 1 aromatic rings. The topological polar surface area (TPSA) is 12.0 Å². The summed E-state index contributed by atoms with van der Waals surface area (Å²) in [6, 6.07) is 8.15. The lowest BCUT2D eigenvalue weighted by molar-refractivity contribution is 1.36. The van der Waals surface area contributed by atoms with E-state index in [0.29, 0.717) is 6.54 Å². The molecule has 0 aliphatic heterocycles. The van der Waals surface area contributed by atoms with E-state index in [4.69, 9.17) is 6.42 Å². The largest absolute Gasteiger partial charge is 0.374 e. The molecule has 1 N–H and O–H groups in total. The smallest absolute Gasteiger partial charge is 0.0763 e. The highest BCUT2D eigenvalue weighted by Gasteiger charge is 1.86. The molecule has 0 fully saturated rings. The van der Waals surface area contributed by atoms with Crippen LogP contribution >= 0.6 is 12.4 Å². The molecule has 0 saturated heterocycles. The van der Waals surface area contributed by atoms with Crippen LogP contribution in [0, 0.1) is 19.3 Å². The van der Waals surface area contributed by atoms with Crippen LogP contribution in [0.15, 0.2) is 24.3 Å². The van der Waals surface area contributed by atoms with E-state index in [1.165, 1.54) is 5.56 Å². The van der Waals surface area contributed by atoms with Gasteiger partial charge >= 0.3 is 0 Å². The van der Waals surface area contributed by atoms with Gasteiger partial charge < -0.3 is 5.32 Å². The maximum Gasteiger partial charge on any atom is 0.0763 e. The second-order valence-electron chi connectivity index (χ2n) is 2.42. The Hall–Kier alpha value is -1.13. The van der Waals surface area contributed by atoms with Gasteiger partial charge in [0.15, 0.2) is 0 Å². The van der Waals surface area contributed by atoms with Gasteiger partial charge in [-0.15, -0.1) is 18.8 Å². The molecule has 0 aromatic heterocycles. The Morgan fingerprint density at radius 2 is 1.92 bits per heavy atom. The molecule has 1 nitrogen and oxygen atoms in total. The lowest BCUT2D eigenvalue weighted by atomic mass is 10.2. The maximum absolute atomic E-state index is 5.09. The first-order valence-corrected chi connectivity index (χ1v) is 3.57. The molecule has 0 aliphatic carbocycles. The van der Waals surface area contributed by atoms with Crippen molar-refractivity contribution in [3.8, 4) is 12.3 Å². The molecule has 64 valence electrons. The molecule has 0 unspecified atom stereocenters. The quantitative estimate of drug-likeness (QED) is 0.692. The molecule has 1 rings (SSSR count). The van der Waals surface area contributed by atoms with Crippen LogP contribution in [-0.4, -0.2) is 6.54 Å². The first-order valence-electron chi connectivity index (χ1n) is 3.57. The summed E-state index contributed by atoms with van der Waals surface area (Å²) in [5.74, 6) is 2.52. The molecular formula is C10H12ClN. The highest BCUT2D eigenvalue weighted by Crippen LogP contribution is 2.07. The summed E-state index contributed by atoms with van der Waals surface area (Å²) in [6.45, 7) is 2.65. The molecule has 0 radical (unpaired) electrons. The van der Waals surface area contributed by atoms with Gasteiger partial charge in [0.1, 0.15) is 0 Å². The minimum absolute atomic E-state index is 0. The third-order valence-electron chi connectivity index (χ3n) is 1.45. The summed E-state index contributed by atoms with van der Waals surface area (Å²) in [5.41, 5.74) is 2.34. The normalized spacial score (nSPS) is 8.00. The number of terminal acetylenes is 1. The minimum atomic E-state index is 0. The number of hydrogen-bond acceptors (Lipinski definition) is 1. The Balaban J connectivity index is 0.00000121. The first kappa shape index (κ1) is 10.9. The average Bonchev–Trinajstić information content (AvgIpc) is 2.04. The van der Waals surface area contributed by atoms with Gasteiger partial charge in [0.05, 0.1) is 6.54 Å². The van der Waals surface area contributed by atoms with Crippen molar-refractivity contribution in [3.63, 3.8) is 0 Å². The van der Waals surface area contributed by atoms with E-state index >= 15 is 0 Å². The first-order chi connectivity index (χ1) is 5.33. The molecular weight excluding hydrogens is 170 g/mol. The van der Waals surface area contributed by atoms with Crippen molar-refractivity contribution in [3.05, 3.63) is 29.8 Å². The number of anilines is 1. The third-order valence-corrected chi connectivity index (χ3v) is 1.45. The fraction of sp³-hybridized carbons (Fsp3) is 0.200. The van der Waals surface area contributed by atoms with Crippen LogP contribution in [0.4, 0.5) is 5.69 Å². The van der Waals surface area contributed by atoms with Crippen LogP contribution in [0.2, 0.25) is 0 Å². The number of benzene rings is 1. The van der Waals surface area contributed by atoms with E-state index in [2.05, 4.69) is 30.3 Å². The molecule has 12 heavy (non-hydrogen) atoms. The molecule has 0 spiro atoms. The van der Waals surface area contributed by atoms with Crippen LogP contribution in [0.5, 0.6) is 0 Å². The number of hydrogen-bond donors (Lipinski definition) is 1. The van der Waals surface area contributed by atoms with E-state index in [1.54, 1.807) is 0 Å². The Kier molecular flexibility index (Phi) is 4.99. The Bertz CT molecular complexity index is 258. The summed E-state index contributed by atoms with van der Waals surface area (Å²) in [6.07, 6.45) is 5.09. The molecule has 1 aromatic carbocycles. The maximum atomic E-state index is 5.09. The van der Waals surface area contributed by atoms with E-state index in [9.17, 15) is 0 Å². The summed E-state index contributed by atoms with van der Waals surface area (Å²) in [5, 5.41) is 3.09. The second kappa shape index (κ2) is 5.51. The molecule has 0 saturated carbocycles. The predicted molar refractivity (Wildman–Crippen MR) is 55.7 cm³/mol. The van der Waals surface area contributed by atoms with Crippen molar-refractivity contribution in [2.45, 2.75) is 6.92 Å². The zero-order valence-electron chi connectivity index (χ0n) is 7.00. The monoisotopic (exact) mass is 181 g/mol. The average molecular weight is 182 g/mol. The molecule has 0 amide bonds. The van der Waals surface area contributed by atoms with Crippen molar-refractivity contribution in [1.29, 1.82) is 0 Å². The van der Waals surface area contributed by atoms with Gasteiger partial charge in [-0.3, -0.25) is 0 Å². The molecule has 2 heteroatoms. The van der Waals surface area contributed by atoms with E-state index in [1.807, 2.05) is 12.1 Å². The summed E-state index contributed by atoms with van der Waals surface area (Å²) < 4.78 is 0. The van der Waals surface area contributed by atoms with E-state index in [0.717, 1.165) is 5.69 Å². The van der Waals surface area contributed by atoms with Crippen LogP contribution in [0.1, 0.15) is 5.56 Å². The number of aryl methyl sites for hydroxylation is 1. The third kappa shape index (κ3) is 3.32. The number of halogens is 1. The van der Waals surface area contributed by atoms with Gasteiger partial charge in [-0.05, 0) is 19.1 Å². The summed E-state index contributed by atoms with van der Waals surface area (Å²) in [4.78, 5) is 0. The second-order valence-corrected chi connectivity index (χ2v) is 2.42. The minimum Gasteiger partial charge on any atom is -0.374 e. The molecule has 0 aliphatic rings. The fourth-order valence-electron chi connectivity index (χ4n) is 0.825. The lowest BCUT2D eigenvalue weighted by Crippen LogP contribution is -1.97. The van der Waals surface area contributed by atoms with Crippen molar-refractivity contribution in [2.24, 2.45) is 0 Å². The van der Waals surface area contributed by atoms with Gasteiger partial charge in [-0.25, -0.2) is 0 Å². The lowest BCUT2D eigenvalue weighted by Gasteiger charge is -2.01. The van der Waals surface area contributed by atoms with Gasteiger partial charge in [-0.2, -0.15) is 0 Å². The van der Waals surface area contributed by atoms with Crippen molar-refractivity contribution in [2.75, 3.05) is 11.9 Å². The summed E-state index contributed by atoms with van der Waals surface area (Å²) >= 11 is 0. The standard InChI is InChI=1S/C10H11N.ClH/c1-3-8-11-10-6-4-9(2)5-7-10;/h1,4-7,11H,8H2,2H3;1H. The molecule has 0 bridgehead atoms. The Morgan fingerprint density at radius 3 is 2.42 bits per heavy atom. The summed E-state index contributed by atoms with van der Waals surface area (Å²) in [7, 11) is 0. The number of nitrogens with one attached hydrogen (secondary N) is 1. The van der Waals surface area contributed by atoms with E-state index < -0.39 is 0 Å². The van der Waals surface area contributed by atoms with Crippen LogP contribution in [0.3, 0.4) is 0 Å². The number of rotatable bonds is 2. The SMILES string of the molecule is C#CCNc1ccc(C)cc1.Cl. The molecule has 0 heterocycles. The zero-order chi connectivity index (χ0) is 8.10. The molecule has 0 atom stereocenters. The van der Waals surface area contributed by atoms with Gasteiger partial charge in [0.25, 0.3) is 0 Å². The van der Waals surface area contributed by atoms with Crippen LogP contribution < -0.4 is 5.32 Å². The highest BCUT2D eigenvalue weighted by atomic mass is 35.5. The predicted octanol–water partition coefficient (Wildman–Crippen LogP) is 2.46. The highest BCUT2D eigenvalue weighted by molar-refractivity contribution is 5.85. The van der Waals surface area contributed by atoms with Crippen molar-refractivity contribution in [1.82, 2.24) is 0 Å².